The number of nitrogens with zero attached hydrogens (tertiary/aromatic N) is 1. The van der Waals surface area contributed by atoms with E-state index < -0.39 is 11.6 Å². The van der Waals surface area contributed by atoms with Gasteiger partial charge in [-0.2, -0.15) is 5.26 Å². The summed E-state index contributed by atoms with van der Waals surface area (Å²) in [5, 5.41) is 8.79. The highest BCUT2D eigenvalue weighted by Crippen LogP contribution is 2.32. The Labute approximate surface area is 97.4 Å². The maximum absolute atomic E-state index is 14.2. The van der Waals surface area contributed by atoms with Crippen LogP contribution in [-0.2, 0) is 15.2 Å². The first kappa shape index (κ1) is 12.5. The number of esters is 1. The van der Waals surface area contributed by atoms with Crippen molar-refractivity contribution in [3.63, 3.8) is 0 Å². The Hall–Kier alpha value is -1.60. The van der Waals surface area contributed by atoms with Gasteiger partial charge in [0.2, 0.25) is 0 Å². The summed E-state index contributed by atoms with van der Waals surface area (Å²) >= 11 is 5.73. The second-order valence-electron chi connectivity index (χ2n) is 2.97. The fourth-order valence-electron chi connectivity index (χ4n) is 1.19. The number of halogens is 2. The predicted molar refractivity (Wildman–Crippen MR) is 56.5 cm³/mol. The summed E-state index contributed by atoms with van der Waals surface area (Å²) < 4.78 is 18.7. The molecule has 0 N–H and O–H groups in total. The van der Waals surface area contributed by atoms with Crippen LogP contribution in [-0.4, -0.2) is 12.6 Å². The minimum Gasteiger partial charge on any atom is -0.463 e. The number of hydrogen-bond acceptors (Lipinski definition) is 3. The Bertz CT molecular complexity index is 444. The molecular weight excluding hydrogens is 233 g/mol. The lowest BCUT2D eigenvalue weighted by molar-refractivity contribution is -0.154. The number of ether oxygens (including phenoxy) is 1. The van der Waals surface area contributed by atoms with Gasteiger partial charge >= 0.3 is 11.6 Å². The van der Waals surface area contributed by atoms with E-state index in [2.05, 4.69) is 4.74 Å². The fourth-order valence-corrected chi connectivity index (χ4v) is 1.45. The van der Waals surface area contributed by atoms with Crippen molar-refractivity contribution in [2.24, 2.45) is 0 Å². The van der Waals surface area contributed by atoms with Crippen molar-refractivity contribution in [2.75, 3.05) is 6.61 Å². The van der Waals surface area contributed by atoms with Gasteiger partial charge in [0, 0.05) is 10.6 Å². The highest BCUT2D eigenvalue weighted by Gasteiger charge is 2.44. The molecule has 0 unspecified atom stereocenters. The minimum atomic E-state index is -2.85. The largest absolute Gasteiger partial charge is 0.463 e. The zero-order valence-corrected chi connectivity index (χ0v) is 9.29. The van der Waals surface area contributed by atoms with Crippen molar-refractivity contribution < 1.29 is 13.9 Å². The summed E-state index contributed by atoms with van der Waals surface area (Å²) in [5.74, 6) is -1.24. The topological polar surface area (TPSA) is 50.1 Å². The van der Waals surface area contributed by atoms with Gasteiger partial charge in [0.25, 0.3) is 0 Å². The fraction of sp³-hybridized carbons (Fsp3) is 0.273. The summed E-state index contributed by atoms with van der Waals surface area (Å²) in [7, 11) is 0. The third-order valence-electron chi connectivity index (χ3n) is 1.96. The Balaban J connectivity index is 3.21. The SMILES string of the molecule is CCOC(=O)[C@@](F)(C#N)c1ccccc1Cl. The number of alkyl halides is 1. The van der Waals surface area contributed by atoms with Gasteiger partial charge in [-0.05, 0) is 13.0 Å². The molecule has 0 saturated carbocycles. The standard InChI is InChI=1S/C11H9ClFNO2/c1-2-16-10(15)11(13,7-14)8-5-3-4-6-9(8)12/h3-6H,2H2,1H3/t11-/m1/s1. The molecule has 0 saturated heterocycles. The van der Waals surface area contributed by atoms with Crippen LogP contribution in [0.15, 0.2) is 24.3 Å². The van der Waals surface area contributed by atoms with E-state index in [1.54, 1.807) is 6.07 Å². The normalized spacial score (nSPS) is 13.6. The molecule has 1 rings (SSSR count). The molecule has 0 aliphatic rings. The van der Waals surface area contributed by atoms with Crippen molar-refractivity contribution in [2.45, 2.75) is 12.6 Å². The first-order valence-electron chi connectivity index (χ1n) is 4.58. The van der Waals surface area contributed by atoms with E-state index in [0.717, 1.165) is 0 Å². The van der Waals surface area contributed by atoms with Gasteiger partial charge in [-0.3, -0.25) is 0 Å². The summed E-state index contributed by atoms with van der Waals surface area (Å²) in [6.45, 7) is 1.53. The van der Waals surface area contributed by atoms with Crippen LogP contribution in [0.5, 0.6) is 0 Å². The summed E-state index contributed by atoms with van der Waals surface area (Å²) in [5.41, 5.74) is -3.05. The molecule has 3 nitrogen and oxygen atoms in total. The molecule has 84 valence electrons. The zero-order chi connectivity index (χ0) is 12.2. The Morgan fingerprint density at radius 3 is 2.75 bits per heavy atom. The first-order chi connectivity index (χ1) is 7.56. The Morgan fingerprint density at radius 1 is 1.62 bits per heavy atom. The van der Waals surface area contributed by atoms with E-state index in [0.29, 0.717) is 0 Å². The average Bonchev–Trinajstić information content (AvgIpc) is 2.29. The van der Waals surface area contributed by atoms with E-state index in [1.165, 1.54) is 31.2 Å². The van der Waals surface area contributed by atoms with Gasteiger partial charge in [0.05, 0.1) is 6.61 Å². The van der Waals surface area contributed by atoms with Crippen molar-refractivity contribution >= 4 is 17.6 Å². The third kappa shape index (κ3) is 2.15. The van der Waals surface area contributed by atoms with Gasteiger partial charge in [0.15, 0.2) is 0 Å². The zero-order valence-electron chi connectivity index (χ0n) is 8.54. The molecule has 0 radical (unpaired) electrons. The molecule has 0 bridgehead atoms. The quantitative estimate of drug-likeness (QED) is 0.765. The van der Waals surface area contributed by atoms with Gasteiger partial charge in [-0.15, -0.1) is 0 Å². The van der Waals surface area contributed by atoms with Crippen LogP contribution in [0.3, 0.4) is 0 Å². The number of benzene rings is 1. The lowest BCUT2D eigenvalue weighted by Crippen LogP contribution is -2.31. The van der Waals surface area contributed by atoms with Crippen LogP contribution in [0.4, 0.5) is 4.39 Å². The number of carbonyl (C=O) groups is 1. The molecule has 0 spiro atoms. The summed E-state index contributed by atoms with van der Waals surface area (Å²) in [6, 6.07) is 7.05. The summed E-state index contributed by atoms with van der Waals surface area (Å²) in [4.78, 5) is 11.4. The lowest BCUT2D eigenvalue weighted by Gasteiger charge is -2.16. The lowest BCUT2D eigenvalue weighted by atomic mass is 9.97. The molecule has 0 heterocycles. The second-order valence-corrected chi connectivity index (χ2v) is 3.38. The average molecular weight is 242 g/mol. The number of rotatable bonds is 3. The maximum Gasteiger partial charge on any atom is 0.363 e. The monoisotopic (exact) mass is 241 g/mol. The van der Waals surface area contributed by atoms with Gasteiger partial charge < -0.3 is 4.74 Å². The Kier molecular flexibility index (Phi) is 3.86. The van der Waals surface area contributed by atoms with Crippen LogP contribution in [0.25, 0.3) is 0 Å². The molecule has 1 atom stereocenters. The van der Waals surface area contributed by atoms with Crippen LogP contribution in [0.1, 0.15) is 12.5 Å². The van der Waals surface area contributed by atoms with Gasteiger partial charge in [-0.1, -0.05) is 29.8 Å². The molecule has 0 fully saturated rings. The van der Waals surface area contributed by atoms with E-state index in [4.69, 9.17) is 16.9 Å². The minimum absolute atomic E-state index is 0.00334. The van der Waals surface area contributed by atoms with Crippen LogP contribution >= 0.6 is 11.6 Å². The molecule has 16 heavy (non-hydrogen) atoms. The number of carbonyl (C=O) groups excluding carboxylic acids is 1. The van der Waals surface area contributed by atoms with Crippen molar-refractivity contribution in [3.05, 3.63) is 34.9 Å². The van der Waals surface area contributed by atoms with Crippen molar-refractivity contribution in [1.82, 2.24) is 0 Å². The van der Waals surface area contributed by atoms with E-state index in [9.17, 15) is 9.18 Å². The second kappa shape index (κ2) is 4.95. The predicted octanol–water partition coefficient (Wildman–Crippen LogP) is 2.59. The Morgan fingerprint density at radius 2 is 2.25 bits per heavy atom. The van der Waals surface area contributed by atoms with Crippen LogP contribution < -0.4 is 0 Å². The molecule has 1 aromatic rings. The van der Waals surface area contributed by atoms with E-state index in [1.807, 2.05) is 0 Å². The number of nitriles is 1. The maximum atomic E-state index is 14.2. The third-order valence-corrected chi connectivity index (χ3v) is 2.29. The molecule has 1 aromatic carbocycles. The van der Waals surface area contributed by atoms with Crippen LogP contribution in [0.2, 0.25) is 5.02 Å². The molecule has 5 heteroatoms. The van der Waals surface area contributed by atoms with Gasteiger partial charge in [0.1, 0.15) is 6.07 Å². The highest BCUT2D eigenvalue weighted by molar-refractivity contribution is 6.31. The van der Waals surface area contributed by atoms with Crippen molar-refractivity contribution in [3.8, 4) is 6.07 Å². The highest BCUT2D eigenvalue weighted by atomic mass is 35.5. The van der Waals surface area contributed by atoms with Crippen molar-refractivity contribution in [1.29, 1.82) is 5.26 Å². The molecule has 0 aromatic heterocycles. The first-order valence-corrected chi connectivity index (χ1v) is 4.96. The van der Waals surface area contributed by atoms with Crippen LogP contribution in [0, 0.1) is 11.3 Å². The molecule has 0 aliphatic heterocycles. The molecule has 0 amide bonds. The van der Waals surface area contributed by atoms with E-state index >= 15 is 0 Å². The summed E-state index contributed by atoms with van der Waals surface area (Å²) in [6.07, 6.45) is 0. The number of hydrogen-bond donors (Lipinski definition) is 0. The molecule has 0 aliphatic carbocycles. The molecular formula is C11H9ClFNO2. The van der Waals surface area contributed by atoms with E-state index in [-0.39, 0.29) is 17.2 Å². The smallest absolute Gasteiger partial charge is 0.363 e. The van der Waals surface area contributed by atoms with Gasteiger partial charge in [-0.25, -0.2) is 9.18 Å².